The first-order chi connectivity index (χ1) is 9.51. The van der Waals surface area contributed by atoms with Crippen molar-refractivity contribution in [3.05, 3.63) is 35.9 Å². The Hall–Kier alpha value is -2.37. The van der Waals surface area contributed by atoms with Crippen LogP contribution in [-0.4, -0.2) is 34.5 Å². The van der Waals surface area contributed by atoms with Gasteiger partial charge in [0.1, 0.15) is 12.1 Å². The van der Waals surface area contributed by atoms with E-state index in [0.29, 0.717) is 18.4 Å². The zero-order valence-corrected chi connectivity index (χ0v) is 11.1. The van der Waals surface area contributed by atoms with Crippen molar-refractivity contribution in [1.82, 2.24) is 10.2 Å². The van der Waals surface area contributed by atoms with Crippen LogP contribution >= 0.6 is 0 Å². The highest BCUT2D eigenvalue weighted by Crippen LogP contribution is 2.33. The summed E-state index contributed by atoms with van der Waals surface area (Å²) in [6, 6.07) is 8.25. The molecule has 20 heavy (non-hydrogen) atoms. The Balaban J connectivity index is 2.42. The molecule has 0 saturated carbocycles. The van der Waals surface area contributed by atoms with Crippen LogP contribution in [0, 0.1) is 0 Å². The molecule has 6 nitrogen and oxygen atoms in total. The molecule has 1 fully saturated rings. The van der Waals surface area contributed by atoms with Gasteiger partial charge in [0.2, 0.25) is 0 Å². The Bertz CT molecular complexity index is 543. The summed E-state index contributed by atoms with van der Waals surface area (Å²) < 4.78 is 0. The van der Waals surface area contributed by atoms with Gasteiger partial charge in [0.15, 0.2) is 0 Å². The van der Waals surface area contributed by atoms with Crippen molar-refractivity contribution in [2.24, 2.45) is 0 Å². The summed E-state index contributed by atoms with van der Waals surface area (Å²) in [5.41, 5.74) is -0.476. The van der Waals surface area contributed by atoms with E-state index in [4.69, 9.17) is 5.11 Å². The van der Waals surface area contributed by atoms with Crippen molar-refractivity contribution in [1.29, 1.82) is 0 Å². The molecule has 2 N–H and O–H groups in total. The van der Waals surface area contributed by atoms with E-state index < -0.39 is 30.0 Å². The molecule has 0 spiro atoms. The zero-order chi connectivity index (χ0) is 14.8. The fourth-order valence-electron chi connectivity index (χ4n) is 2.51. The molecule has 1 atom stereocenters. The molecule has 6 heteroatoms. The van der Waals surface area contributed by atoms with Crippen LogP contribution in [0.25, 0.3) is 0 Å². The molecular formula is C14H16N2O4. The monoisotopic (exact) mass is 276 g/mol. The molecular weight excluding hydrogens is 260 g/mol. The summed E-state index contributed by atoms with van der Waals surface area (Å²) in [6.45, 7) is 1.28. The number of carboxylic acids is 1. The number of benzene rings is 1. The molecule has 1 saturated heterocycles. The largest absolute Gasteiger partial charge is 0.480 e. The number of carbonyl (C=O) groups is 3. The number of aliphatic carboxylic acids is 1. The average Bonchev–Trinajstić information content (AvgIpc) is 2.65. The summed E-state index contributed by atoms with van der Waals surface area (Å²) in [5, 5.41) is 11.5. The third-order valence-corrected chi connectivity index (χ3v) is 3.36. The van der Waals surface area contributed by atoms with Crippen LogP contribution in [0.3, 0.4) is 0 Å². The SMILES string of the molecule is CCCC1(c2ccccc2)NC(=O)N(CC(=O)O)C1=O. The van der Waals surface area contributed by atoms with E-state index in [0.717, 1.165) is 4.90 Å². The molecule has 1 aliphatic heterocycles. The first-order valence-corrected chi connectivity index (χ1v) is 6.42. The van der Waals surface area contributed by atoms with Gasteiger partial charge in [-0.25, -0.2) is 4.79 Å². The number of amides is 3. The van der Waals surface area contributed by atoms with Crippen molar-refractivity contribution >= 4 is 17.9 Å². The average molecular weight is 276 g/mol. The van der Waals surface area contributed by atoms with E-state index in [9.17, 15) is 14.4 Å². The molecule has 1 heterocycles. The zero-order valence-electron chi connectivity index (χ0n) is 11.1. The first-order valence-electron chi connectivity index (χ1n) is 6.42. The summed E-state index contributed by atoms with van der Waals surface area (Å²) in [6.07, 6.45) is 1.11. The quantitative estimate of drug-likeness (QED) is 0.794. The lowest BCUT2D eigenvalue weighted by Crippen LogP contribution is -2.44. The van der Waals surface area contributed by atoms with Crippen molar-refractivity contribution in [3.63, 3.8) is 0 Å². The van der Waals surface area contributed by atoms with Crippen LogP contribution in [0.4, 0.5) is 4.79 Å². The minimum absolute atomic E-state index is 0.428. The molecule has 2 rings (SSSR count). The number of carbonyl (C=O) groups excluding carboxylic acids is 2. The summed E-state index contributed by atoms with van der Waals surface area (Å²) >= 11 is 0. The lowest BCUT2D eigenvalue weighted by molar-refractivity contribution is -0.143. The maximum absolute atomic E-state index is 12.5. The van der Waals surface area contributed by atoms with Crippen LogP contribution in [0.5, 0.6) is 0 Å². The van der Waals surface area contributed by atoms with Gasteiger partial charge >= 0.3 is 12.0 Å². The van der Waals surface area contributed by atoms with Crippen LogP contribution in [-0.2, 0) is 15.1 Å². The third-order valence-electron chi connectivity index (χ3n) is 3.36. The molecule has 1 aromatic carbocycles. The van der Waals surface area contributed by atoms with Gasteiger partial charge in [-0.2, -0.15) is 0 Å². The molecule has 3 amide bonds. The van der Waals surface area contributed by atoms with E-state index in [1.54, 1.807) is 24.3 Å². The number of hydrogen-bond acceptors (Lipinski definition) is 3. The van der Waals surface area contributed by atoms with Crippen molar-refractivity contribution < 1.29 is 19.5 Å². The highest BCUT2D eigenvalue weighted by molar-refractivity contribution is 6.09. The summed E-state index contributed by atoms with van der Waals surface area (Å²) in [4.78, 5) is 36.0. The molecule has 0 aliphatic carbocycles. The maximum atomic E-state index is 12.5. The molecule has 0 bridgehead atoms. The van der Waals surface area contributed by atoms with Gasteiger partial charge in [-0.3, -0.25) is 14.5 Å². The van der Waals surface area contributed by atoms with Gasteiger partial charge in [0, 0.05) is 0 Å². The lowest BCUT2D eigenvalue weighted by atomic mass is 9.85. The molecule has 0 radical (unpaired) electrons. The number of nitrogens with zero attached hydrogens (tertiary/aromatic N) is 1. The van der Waals surface area contributed by atoms with Crippen LogP contribution in [0.15, 0.2) is 30.3 Å². The summed E-state index contributed by atoms with van der Waals surface area (Å²) in [5.74, 6) is -1.72. The van der Waals surface area contributed by atoms with E-state index in [-0.39, 0.29) is 0 Å². The molecule has 1 unspecified atom stereocenters. The minimum Gasteiger partial charge on any atom is -0.480 e. The normalized spacial score (nSPS) is 21.9. The van der Waals surface area contributed by atoms with Gasteiger partial charge in [-0.1, -0.05) is 43.7 Å². The number of carboxylic acid groups (broad SMARTS) is 1. The molecule has 1 aromatic rings. The summed E-state index contributed by atoms with van der Waals surface area (Å²) in [7, 11) is 0. The number of imide groups is 1. The van der Waals surface area contributed by atoms with E-state index >= 15 is 0 Å². The van der Waals surface area contributed by atoms with Gasteiger partial charge in [-0.15, -0.1) is 0 Å². The smallest absolute Gasteiger partial charge is 0.325 e. The second-order valence-electron chi connectivity index (χ2n) is 4.74. The Kier molecular flexibility index (Phi) is 3.74. The predicted octanol–water partition coefficient (Wildman–Crippen LogP) is 1.32. The Morgan fingerprint density at radius 2 is 1.95 bits per heavy atom. The van der Waals surface area contributed by atoms with E-state index in [2.05, 4.69) is 5.32 Å². The van der Waals surface area contributed by atoms with Crippen molar-refractivity contribution in [2.75, 3.05) is 6.54 Å². The standard InChI is InChI=1S/C14H16N2O4/c1-2-8-14(10-6-4-3-5-7-10)12(19)16(9-11(17)18)13(20)15-14/h3-7H,2,8-9H2,1H3,(H,15,20)(H,17,18). The van der Waals surface area contributed by atoms with Crippen LogP contribution in [0.2, 0.25) is 0 Å². The van der Waals surface area contributed by atoms with Crippen molar-refractivity contribution in [3.8, 4) is 0 Å². The van der Waals surface area contributed by atoms with Gasteiger partial charge in [-0.05, 0) is 12.0 Å². The van der Waals surface area contributed by atoms with Crippen LogP contribution in [0.1, 0.15) is 25.3 Å². The van der Waals surface area contributed by atoms with E-state index in [1.807, 2.05) is 13.0 Å². The second kappa shape index (κ2) is 5.32. The maximum Gasteiger partial charge on any atom is 0.325 e. The topological polar surface area (TPSA) is 86.7 Å². The number of urea groups is 1. The van der Waals surface area contributed by atoms with Crippen LogP contribution < -0.4 is 5.32 Å². The predicted molar refractivity (Wildman–Crippen MR) is 70.9 cm³/mol. The van der Waals surface area contributed by atoms with Gasteiger partial charge in [0.25, 0.3) is 5.91 Å². The molecule has 106 valence electrons. The highest BCUT2D eigenvalue weighted by atomic mass is 16.4. The number of rotatable bonds is 5. The third kappa shape index (κ3) is 2.24. The highest BCUT2D eigenvalue weighted by Gasteiger charge is 2.52. The fourth-order valence-corrected chi connectivity index (χ4v) is 2.51. The Morgan fingerprint density at radius 3 is 2.50 bits per heavy atom. The Labute approximate surface area is 116 Å². The first kappa shape index (κ1) is 14.0. The van der Waals surface area contributed by atoms with Crippen molar-refractivity contribution in [2.45, 2.75) is 25.3 Å². The number of nitrogens with one attached hydrogen (secondary N) is 1. The second-order valence-corrected chi connectivity index (χ2v) is 4.74. The lowest BCUT2D eigenvalue weighted by Gasteiger charge is -2.26. The Morgan fingerprint density at radius 1 is 1.30 bits per heavy atom. The van der Waals surface area contributed by atoms with Gasteiger partial charge < -0.3 is 10.4 Å². The van der Waals surface area contributed by atoms with E-state index in [1.165, 1.54) is 0 Å². The van der Waals surface area contributed by atoms with Gasteiger partial charge in [0.05, 0.1) is 0 Å². The fraction of sp³-hybridized carbons (Fsp3) is 0.357. The number of hydrogen-bond donors (Lipinski definition) is 2. The molecule has 1 aliphatic rings. The minimum atomic E-state index is -1.21. The molecule has 0 aromatic heterocycles.